The SMILES string of the molecule is C=CC/C=C/SNC(C)c1ccc(F)cc1. The summed E-state index contributed by atoms with van der Waals surface area (Å²) in [4.78, 5) is 0. The topological polar surface area (TPSA) is 12.0 Å². The Balaban J connectivity index is 2.37. The Morgan fingerprint density at radius 1 is 1.44 bits per heavy atom. The van der Waals surface area contributed by atoms with E-state index in [2.05, 4.69) is 11.3 Å². The van der Waals surface area contributed by atoms with Gasteiger partial charge in [-0.15, -0.1) is 6.58 Å². The Labute approximate surface area is 101 Å². The second-order valence-corrected chi connectivity index (χ2v) is 4.15. The van der Waals surface area contributed by atoms with E-state index < -0.39 is 0 Å². The van der Waals surface area contributed by atoms with Crippen LogP contribution in [-0.2, 0) is 0 Å². The number of benzene rings is 1. The maximum absolute atomic E-state index is 12.7. The number of allylic oxidation sites excluding steroid dienone is 2. The van der Waals surface area contributed by atoms with Gasteiger partial charge in [0.25, 0.3) is 0 Å². The number of hydrogen-bond donors (Lipinski definition) is 1. The summed E-state index contributed by atoms with van der Waals surface area (Å²) in [5, 5.41) is 1.99. The lowest BCUT2D eigenvalue weighted by Crippen LogP contribution is -2.09. The van der Waals surface area contributed by atoms with Gasteiger partial charge in [0.05, 0.1) is 0 Å². The first-order valence-corrected chi connectivity index (χ1v) is 6.04. The third-order valence-corrected chi connectivity index (χ3v) is 2.90. The molecule has 1 aromatic rings. The summed E-state index contributed by atoms with van der Waals surface area (Å²) in [5.74, 6) is -0.200. The second-order valence-electron chi connectivity index (χ2n) is 3.41. The standard InChI is InChI=1S/C13H16FNS/c1-3-4-5-10-16-15-11(2)12-6-8-13(14)9-7-12/h3,5-11,15H,1,4H2,2H3/b10-5+. The van der Waals surface area contributed by atoms with Crippen LogP contribution in [0.1, 0.15) is 24.9 Å². The highest BCUT2D eigenvalue weighted by Gasteiger charge is 2.03. The van der Waals surface area contributed by atoms with E-state index in [1.807, 2.05) is 24.5 Å². The summed E-state index contributed by atoms with van der Waals surface area (Å²) in [6.07, 6.45) is 4.75. The monoisotopic (exact) mass is 237 g/mol. The Bertz CT molecular complexity index is 345. The molecule has 1 N–H and O–H groups in total. The van der Waals surface area contributed by atoms with Crippen LogP contribution in [0.25, 0.3) is 0 Å². The van der Waals surface area contributed by atoms with Gasteiger partial charge in [-0.3, -0.25) is 4.72 Å². The summed E-state index contributed by atoms with van der Waals surface area (Å²) in [6, 6.07) is 6.73. The van der Waals surface area contributed by atoms with E-state index in [-0.39, 0.29) is 11.9 Å². The molecule has 0 amide bonds. The van der Waals surface area contributed by atoms with Crippen LogP contribution in [0.2, 0.25) is 0 Å². The van der Waals surface area contributed by atoms with Crippen LogP contribution in [-0.4, -0.2) is 0 Å². The van der Waals surface area contributed by atoms with Gasteiger partial charge < -0.3 is 0 Å². The maximum atomic E-state index is 12.7. The van der Waals surface area contributed by atoms with Crippen molar-refractivity contribution in [1.29, 1.82) is 0 Å². The molecule has 0 saturated heterocycles. The fourth-order valence-electron chi connectivity index (χ4n) is 1.16. The van der Waals surface area contributed by atoms with E-state index in [9.17, 15) is 4.39 Å². The lowest BCUT2D eigenvalue weighted by atomic mass is 10.1. The first kappa shape index (κ1) is 13.0. The fraction of sp³-hybridized carbons (Fsp3) is 0.231. The smallest absolute Gasteiger partial charge is 0.123 e. The van der Waals surface area contributed by atoms with Crippen molar-refractivity contribution in [2.75, 3.05) is 0 Å². The van der Waals surface area contributed by atoms with E-state index in [1.165, 1.54) is 24.1 Å². The molecule has 0 aliphatic rings. The lowest BCUT2D eigenvalue weighted by Gasteiger charge is -2.11. The quantitative estimate of drug-likeness (QED) is 0.587. The molecule has 1 rings (SSSR count). The van der Waals surface area contributed by atoms with Gasteiger partial charge in [-0.05, 0) is 36.4 Å². The molecule has 0 bridgehead atoms. The number of halogens is 1. The Hall–Kier alpha value is -1.06. The minimum Gasteiger partial charge on any atom is -0.253 e. The summed E-state index contributed by atoms with van der Waals surface area (Å²) in [6.45, 7) is 5.68. The van der Waals surface area contributed by atoms with Gasteiger partial charge in [0, 0.05) is 6.04 Å². The Morgan fingerprint density at radius 3 is 2.75 bits per heavy atom. The highest BCUT2D eigenvalue weighted by Crippen LogP contribution is 2.16. The molecule has 86 valence electrons. The van der Waals surface area contributed by atoms with Crippen LogP contribution >= 0.6 is 11.9 Å². The largest absolute Gasteiger partial charge is 0.253 e. The highest BCUT2D eigenvalue weighted by molar-refractivity contribution is 8.00. The molecule has 1 unspecified atom stereocenters. The fourth-order valence-corrected chi connectivity index (χ4v) is 1.79. The van der Waals surface area contributed by atoms with Crippen LogP contribution in [0, 0.1) is 5.82 Å². The van der Waals surface area contributed by atoms with Crippen LogP contribution in [0.4, 0.5) is 4.39 Å². The van der Waals surface area contributed by atoms with Gasteiger partial charge in [0.15, 0.2) is 0 Å². The molecule has 0 aliphatic heterocycles. The zero-order valence-corrected chi connectivity index (χ0v) is 10.1. The normalized spacial score (nSPS) is 12.9. The molecule has 0 fully saturated rings. The molecular weight excluding hydrogens is 221 g/mol. The second kappa shape index (κ2) is 7.25. The molecule has 0 saturated carbocycles. The van der Waals surface area contributed by atoms with Crippen LogP contribution in [0.3, 0.4) is 0 Å². The van der Waals surface area contributed by atoms with Crippen molar-refractivity contribution in [2.45, 2.75) is 19.4 Å². The van der Waals surface area contributed by atoms with Gasteiger partial charge in [-0.1, -0.05) is 36.2 Å². The molecule has 0 spiro atoms. The highest BCUT2D eigenvalue weighted by atomic mass is 32.2. The van der Waals surface area contributed by atoms with Crippen LogP contribution < -0.4 is 4.72 Å². The van der Waals surface area contributed by atoms with Gasteiger partial charge in [-0.25, -0.2) is 4.39 Å². The van der Waals surface area contributed by atoms with Gasteiger partial charge >= 0.3 is 0 Å². The molecule has 3 heteroatoms. The van der Waals surface area contributed by atoms with Crippen molar-refractivity contribution in [3.8, 4) is 0 Å². The Kier molecular flexibility index (Phi) is 5.90. The molecule has 0 radical (unpaired) electrons. The Morgan fingerprint density at radius 2 is 2.12 bits per heavy atom. The molecule has 1 atom stereocenters. The minimum absolute atomic E-state index is 0.194. The van der Waals surface area contributed by atoms with Gasteiger partial charge in [0.1, 0.15) is 5.82 Å². The molecule has 1 nitrogen and oxygen atoms in total. The van der Waals surface area contributed by atoms with Crippen LogP contribution in [0.15, 0.2) is 48.4 Å². The minimum atomic E-state index is -0.200. The zero-order valence-electron chi connectivity index (χ0n) is 9.32. The predicted octanol–water partition coefficient (Wildman–Crippen LogP) is 4.21. The molecule has 1 aromatic carbocycles. The third-order valence-electron chi connectivity index (χ3n) is 2.08. The molecule has 0 aliphatic carbocycles. The van der Waals surface area contributed by atoms with Crippen molar-refractivity contribution in [1.82, 2.24) is 4.72 Å². The first-order valence-electron chi connectivity index (χ1n) is 5.16. The van der Waals surface area contributed by atoms with E-state index >= 15 is 0 Å². The number of rotatable bonds is 6. The summed E-state index contributed by atoms with van der Waals surface area (Å²) >= 11 is 1.53. The van der Waals surface area contributed by atoms with Gasteiger partial charge in [-0.2, -0.15) is 0 Å². The molecule has 0 aromatic heterocycles. The van der Waals surface area contributed by atoms with E-state index in [4.69, 9.17) is 0 Å². The van der Waals surface area contributed by atoms with Crippen molar-refractivity contribution >= 4 is 11.9 Å². The first-order chi connectivity index (χ1) is 7.74. The maximum Gasteiger partial charge on any atom is 0.123 e. The van der Waals surface area contributed by atoms with Crippen molar-refractivity contribution in [3.05, 3.63) is 59.8 Å². The summed E-state index contributed by atoms with van der Waals surface area (Å²) in [7, 11) is 0. The van der Waals surface area contributed by atoms with Crippen LogP contribution in [0.5, 0.6) is 0 Å². The zero-order chi connectivity index (χ0) is 11.8. The molecular formula is C13H16FNS. The average Bonchev–Trinajstić information content (AvgIpc) is 2.29. The number of hydrogen-bond acceptors (Lipinski definition) is 2. The van der Waals surface area contributed by atoms with E-state index in [0.29, 0.717) is 0 Å². The van der Waals surface area contributed by atoms with E-state index in [1.54, 1.807) is 12.1 Å². The molecule has 0 heterocycles. The number of nitrogens with one attached hydrogen (secondary N) is 1. The average molecular weight is 237 g/mol. The van der Waals surface area contributed by atoms with Crippen molar-refractivity contribution in [2.24, 2.45) is 0 Å². The van der Waals surface area contributed by atoms with Gasteiger partial charge in [0.2, 0.25) is 0 Å². The van der Waals surface area contributed by atoms with Crippen molar-refractivity contribution in [3.63, 3.8) is 0 Å². The summed E-state index contributed by atoms with van der Waals surface area (Å²) in [5.41, 5.74) is 1.08. The predicted molar refractivity (Wildman–Crippen MR) is 69.5 cm³/mol. The molecule has 16 heavy (non-hydrogen) atoms. The lowest BCUT2D eigenvalue weighted by molar-refractivity contribution is 0.625. The summed E-state index contributed by atoms with van der Waals surface area (Å²) < 4.78 is 15.9. The van der Waals surface area contributed by atoms with Crippen molar-refractivity contribution < 1.29 is 4.39 Å². The van der Waals surface area contributed by atoms with E-state index in [0.717, 1.165) is 12.0 Å². The third kappa shape index (κ3) is 4.64.